The topological polar surface area (TPSA) is 144 Å². The number of nitrogens with one attached hydrogen (secondary N) is 1. The van der Waals surface area contributed by atoms with Gasteiger partial charge in [-0.15, -0.1) is 5.06 Å². The summed E-state index contributed by atoms with van der Waals surface area (Å²) < 4.78 is 7.58. The standard InChI is InChI=1S/C36H47N9O4/c1-24(46)49-45(35(47)48-36(2,3)4)30-9-7-6-8-26(30)22-38-27-12-10-25(11-13-27)32-31-33(37)39-23-40-34(31)44(41-32)29-16-14-28(15-17-29)43-20-18-42(5)19-21-43/h6-13,23,28-29,38H,14-22H2,1-5H3,(H2,37,39,40). The molecule has 2 aromatic carbocycles. The second-order valence-corrected chi connectivity index (χ2v) is 14.0. The molecule has 1 aliphatic carbocycles. The normalized spacial score (nSPS) is 19.0. The third-order valence-corrected chi connectivity index (χ3v) is 9.22. The van der Waals surface area contributed by atoms with Gasteiger partial charge in [-0.25, -0.2) is 24.2 Å². The minimum absolute atomic E-state index is 0.252. The number of carbonyl (C=O) groups is 2. The monoisotopic (exact) mass is 669 g/mol. The molecule has 0 atom stereocenters. The van der Waals surface area contributed by atoms with E-state index in [9.17, 15) is 9.59 Å². The number of ether oxygens (including phenoxy) is 1. The van der Waals surface area contributed by atoms with Crippen molar-refractivity contribution in [3.63, 3.8) is 0 Å². The number of nitrogens with two attached hydrogens (primary N) is 1. The van der Waals surface area contributed by atoms with Crippen LogP contribution in [0.25, 0.3) is 22.3 Å². The number of fused-ring (bicyclic) bond motifs is 1. The highest BCUT2D eigenvalue weighted by Gasteiger charge is 2.31. The van der Waals surface area contributed by atoms with Crippen LogP contribution in [0.1, 0.15) is 65.0 Å². The molecule has 4 aromatic rings. The lowest BCUT2D eigenvalue weighted by Crippen LogP contribution is -2.49. The third-order valence-electron chi connectivity index (χ3n) is 9.22. The number of piperazine rings is 1. The Hall–Kier alpha value is -4.75. The van der Waals surface area contributed by atoms with Crippen LogP contribution < -0.4 is 16.1 Å². The van der Waals surface area contributed by atoms with Gasteiger partial charge in [0.15, 0.2) is 5.65 Å². The van der Waals surface area contributed by atoms with Gasteiger partial charge in [0.1, 0.15) is 23.4 Å². The number of aromatic nitrogens is 4. The van der Waals surface area contributed by atoms with Gasteiger partial charge in [-0.3, -0.25) is 4.90 Å². The van der Waals surface area contributed by atoms with Crippen LogP contribution in [0.5, 0.6) is 0 Å². The molecule has 0 spiro atoms. The highest BCUT2D eigenvalue weighted by Crippen LogP contribution is 2.37. The molecule has 1 aliphatic heterocycles. The molecule has 3 N–H and O–H groups in total. The van der Waals surface area contributed by atoms with Gasteiger partial charge in [-0.1, -0.05) is 30.3 Å². The summed E-state index contributed by atoms with van der Waals surface area (Å²) in [6.07, 6.45) is 5.12. The van der Waals surface area contributed by atoms with Crippen molar-refractivity contribution < 1.29 is 19.2 Å². The van der Waals surface area contributed by atoms with Gasteiger partial charge in [-0.2, -0.15) is 5.10 Å². The first-order valence-electron chi connectivity index (χ1n) is 17.0. The molecule has 13 heteroatoms. The molecule has 0 bridgehead atoms. The quantitative estimate of drug-likeness (QED) is 0.236. The number of rotatable bonds is 7. The summed E-state index contributed by atoms with van der Waals surface area (Å²) in [6.45, 7) is 11.4. The number of hydrogen-bond donors (Lipinski definition) is 2. The van der Waals surface area contributed by atoms with Crippen molar-refractivity contribution in [2.45, 2.75) is 77.6 Å². The van der Waals surface area contributed by atoms with Crippen molar-refractivity contribution >= 4 is 40.3 Å². The van der Waals surface area contributed by atoms with Crippen molar-refractivity contribution in [2.75, 3.05) is 49.3 Å². The maximum absolute atomic E-state index is 13.0. The third kappa shape index (κ3) is 7.94. The molecule has 2 aliphatic rings. The van der Waals surface area contributed by atoms with Crippen molar-refractivity contribution in [2.24, 2.45) is 0 Å². The van der Waals surface area contributed by atoms with E-state index in [2.05, 4.69) is 36.8 Å². The van der Waals surface area contributed by atoms with E-state index in [-0.39, 0.29) is 6.04 Å². The van der Waals surface area contributed by atoms with Crippen molar-refractivity contribution in [1.29, 1.82) is 0 Å². The number of anilines is 3. The highest BCUT2D eigenvalue weighted by molar-refractivity contribution is 5.98. The smallest absolute Gasteiger partial charge is 0.441 e. The van der Waals surface area contributed by atoms with Gasteiger partial charge in [0.25, 0.3) is 0 Å². The number of carbonyl (C=O) groups excluding carboxylic acids is 2. The number of hydroxylamine groups is 1. The molecule has 13 nitrogen and oxygen atoms in total. The Labute approximate surface area is 287 Å². The van der Waals surface area contributed by atoms with Crippen LogP contribution >= 0.6 is 0 Å². The number of amides is 1. The Balaban J connectivity index is 1.18. The molecule has 260 valence electrons. The molecular formula is C36H47N9O4. The lowest BCUT2D eigenvalue weighted by atomic mass is 9.90. The summed E-state index contributed by atoms with van der Waals surface area (Å²) >= 11 is 0. The van der Waals surface area contributed by atoms with Crippen LogP contribution in [0.15, 0.2) is 54.9 Å². The predicted octanol–water partition coefficient (Wildman–Crippen LogP) is 5.64. The van der Waals surface area contributed by atoms with E-state index >= 15 is 0 Å². The molecule has 1 saturated heterocycles. The van der Waals surface area contributed by atoms with Crippen molar-refractivity contribution in [3.05, 3.63) is 60.4 Å². The predicted molar refractivity (Wildman–Crippen MR) is 190 cm³/mol. The lowest BCUT2D eigenvalue weighted by molar-refractivity contribution is -0.142. The van der Waals surface area contributed by atoms with Gasteiger partial charge < -0.3 is 25.5 Å². The number of para-hydroxylation sites is 1. The molecule has 1 amide bonds. The fourth-order valence-electron chi connectivity index (χ4n) is 6.73. The number of likely N-dealkylation sites (N-methyl/N-ethyl adjacent to an activating group) is 1. The molecule has 6 rings (SSSR count). The Bertz CT molecular complexity index is 1770. The summed E-state index contributed by atoms with van der Waals surface area (Å²) in [6, 6.07) is 16.0. The number of nitrogen functional groups attached to an aromatic ring is 1. The van der Waals surface area contributed by atoms with Crippen molar-refractivity contribution in [3.8, 4) is 11.3 Å². The van der Waals surface area contributed by atoms with E-state index in [1.54, 1.807) is 32.9 Å². The van der Waals surface area contributed by atoms with E-state index in [0.717, 1.165) is 90.5 Å². The van der Waals surface area contributed by atoms with Gasteiger partial charge in [0.2, 0.25) is 0 Å². The van der Waals surface area contributed by atoms with E-state index in [0.29, 0.717) is 24.1 Å². The summed E-state index contributed by atoms with van der Waals surface area (Å²) in [5, 5.41) is 10.2. The summed E-state index contributed by atoms with van der Waals surface area (Å²) in [5.41, 5.74) is 10.1. The second-order valence-electron chi connectivity index (χ2n) is 14.0. The van der Waals surface area contributed by atoms with Gasteiger partial charge >= 0.3 is 12.1 Å². The van der Waals surface area contributed by atoms with Gasteiger partial charge in [-0.05, 0) is 77.3 Å². The van der Waals surface area contributed by atoms with E-state index in [1.807, 2.05) is 36.4 Å². The average molecular weight is 670 g/mol. The van der Waals surface area contributed by atoms with Crippen LogP contribution in [0, 0.1) is 0 Å². The Morgan fingerprint density at radius 3 is 2.31 bits per heavy atom. The SMILES string of the molecule is CC(=O)ON(C(=O)OC(C)(C)C)c1ccccc1CNc1ccc(-c2nn(C3CCC(N4CCN(C)CC4)CC3)c3ncnc(N)c23)cc1. The number of benzene rings is 2. The Morgan fingerprint density at radius 1 is 0.959 bits per heavy atom. The zero-order valence-electron chi connectivity index (χ0n) is 29.1. The van der Waals surface area contributed by atoms with Gasteiger partial charge in [0, 0.05) is 56.9 Å². The highest BCUT2D eigenvalue weighted by atomic mass is 16.8. The first-order chi connectivity index (χ1) is 23.5. The van der Waals surface area contributed by atoms with E-state index in [1.165, 1.54) is 13.3 Å². The Kier molecular flexibility index (Phi) is 10.0. The van der Waals surface area contributed by atoms with Gasteiger partial charge in [0.05, 0.1) is 17.1 Å². The minimum atomic E-state index is -0.780. The molecule has 3 heterocycles. The minimum Gasteiger partial charge on any atom is -0.441 e. The van der Waals surface area contributed by atoms with E-state index in [4.69, 9.17) is 20.4 Å². The molecule has 2 fully saturated rings. The van der Waals surface area contributed by atoms with E-state index < -0.39 is 17.7 Å². The molecule has 2 aromatic heterocycles. The summed E-state index contributed by atoms with van der Waals surface area (Å²) in [7, 11) is 2.20. The number of hydrogen-bond acceptors (Lipinski definition) is 11. The fraction of sp³-hybridized carbons (Fsp3) is 0.472. The molecule has 49 heavy (non-hydrogen) atoms. The summed E-state index contributed by atoms with van der Waals surface area (Å²) in [5.74, 6) is -0.220. The maximum Gasteiger partial charge on any atom is 0.448 e. The summed E-state index contributed by atoms with van der Waals surface area (Å²) in [4.78, 5) is 44.2. The lowest BCUT2D eigenvalue weighted by Gasteiger charge is -2.41. The molecule has 0 radical (unpaired) electrons. The van der Waals surface area contributed by atoms with Crippen LogP contribution in [0.2, 0.25) is 0 Å². The largest absolute Gasteiger partial charge is 0.448 e. The van der Waals surface area contributed by atoms with Crippen LogP contribution in [-0.4, -0.2) is 86.5 Å². The molecular weight excluding hydrogens is 622 g/mol. The van der Waals surface area contributed by atoms with Crippen LogP contribution in [-0.2, 0) is 20.9 Å². The average Bonchev–Trinajstić information content (AvgIpc) is 3.47. The zero-order valence-corrected chi connectivity index (χ0v) is 29.1. The first-order valence-corrected chi connectivity index (χ1v) is 17.0. The molecule has 1 saturated carbocycles. The zero-order chi connectivity index (χ0) is 34.7. The maximum atomic E-state index is 13.0. The first kappa shape index (κ1) is 34.1. The van der Waals surface area contributed by atoms with Crippen LogP contribution in [0.4, 0.5) is 22.0 Å². The molecule has 0 unspecified atom stereocenters. The van der Waals surface area contributed by atoms with Crippen molar-refractivity contribution in [1.82, 2.24) is 29.5 Å². The number of nitrogens with zero attached hydrogens (tertiary/aromatic N) is 7. The fourth-order valence-corrected chi connectivity index (χ4v) is 6.73. The Morgan fingerprint density at radius 2 is 1.63 bits per heavy atom. The van der Waals surface area contributed by atoms with Crippen LogP contribution in [0.3, 0.4) is 0 Å². The second kappa shape index (κ2) is 14.4.